The molecule has 0 fully saturated rings. The second-order valence-corrected chi connectivity index (χ2v) is 5.45. The first-order valence-corrected chi connectivity index (χ1v) is 7.57. The number of rotatable bonds is 2. The third kappa shape index (κ3) is 1.90. The summed E-state index contributed by atoms with van der Waals surface area (Å²) in [7, 11) is 0. The van der Waals surface area contributed by atoms with Crippen LogP contribution in [0.1, 0.15) is 0 Å². The molecule has 3 heterocycles. The second-order valence-electron chi connectivity index (χ2n) is 5.45. The van der Waals surface area contributed by atoms with Gasteiger partial charge in [-0.2, -0.15) is 0 Å². The van der Waals surface area contributed by atoms with E-state index in [1.165, 1.54) is 0 Å². The minimum atomic E-state index is 0.604. The zero-order valence-corrected chi connectivity index (χ0v) is 12.6. The van der Waals surface area contributed by atoms with Crippen LogP contribution in [0.25, 0.3) is 33.6 Å². The van der Waals surface area contributed by atoms with Gasteiger partial charge in [0.2, 0.25) is 5.95 Å². The van der Waals surface area contributed by atoms with E-state index in [2.05, 4.69) is 36.6 Å². The average Bonchev–Trinajstić information content (AvgIpc) is 3.31. The van der Waals surface area contributed by atoms with E-state index >= 15 is 0 Å². The molecule has 0 saturated carbocycles. The van der Waals surface area contributed by atoms with Gasteiger partial charge in [-0.15, -0.1) is 0 Å². The first kappa shape index (κ1) is 13.0. The lowest BCUT2D eigenvalue weighted by atomic mass is 10.2. The molecule has 2 aromatic carbocycles. The standard InChI is InChI=1S/C18H12N6/c1-2-6-17-15(4-1)21-12-24(17)16-7-3-5-14-13(16)10-20-18(22-14)23-9-8-19-11-23/h1-12H. The van der Waals surface area contributed by atoms with Gasteiger partial charge >= 0.3 is 0 Å². The Morgan fingerprint density at radius 1 is 0.833 bits per heavy atom. The van der Waals surface area contributed by atoms with Crippen molar-refractivity contribution in [2.24, 2.45) is 0 Å². The number of fused-ring (bicyclic) bond motifs is 2. The summed E-state index contributed by atoms with van der Waals surface area (Å²) >= 11 is 0. The van der Waals surface area contributed by atoms with Crippen LogP contribution < -0.4 is 0 Å². The Balaban J connectivity index is 1.75. The molecule has 0 unspecified atom stereocenters. The van der Waals surface area contributed by atoms with Gasteiger partial charge in [-0.05, 0) is 24.3 Å². The van der Waals surface area contributed by atoms with Gasteiger partial charge in [0.1, 0.15) is 12.7 Å². The molecule has 6 nitrogen and oxygen atoms in total. The largest absolute Gasteiger partial charge is 0.298 e. The normalized spacial score (nSPS) is 11.3. The Bertz CT molecular complexity index is 1160. The highest BCUT2D eigenvalue weighted by Gasteiger charge is 2.10. The molecule has 0 radical (unpaired) electrons. The van der Waals surface area contributed by atoms with Gasteiger partial charge < -0.3 is 0 Å². The van der Waals surface area contributed by atoms with Crippen LogP contribution in [-0.2, 0) is 0 Å². The molecule has 0 N–H and O–H groups in total. The molecule has 0 saturated heterocycles. The van der Waals surface area contributed by atoms with Crippen LogP contribution >= 0.6 is 0 Å². The molecule has 0 aliphatic carbocycles. The summed E-state index contributed by atoms with van der Waals surface area (Å²) in [6.45, 7) is 0. The van der Waals surface area contributed by atoms with Crippen LogP contribution in [0.15, 0.2) is 73.7 Å². The van der Waals surface area contributed by atoms with E-state index in [-0.39, 0.29) is 0 Å². The summed E-state index contributed by atoms with van der Waals surface area (Å²) in [5.41, 5.74) is 3.91. The van der Waals surface area contributed by atoms with Crippen LogP contribution in [0.3, 0.4) is 0 Å². The Kier molecular flexibility index (Phi) is 2.69. The van der Waals surface area contributed by atoms with Crippen molar-refractivity contribution < 1.29 is 0 Å². The molecule has 114 valence electrons. The second kappa shape index (κ2) is 4.99. The van der Waals surface area contributed by atoms with Crippen molar-refractivity contribution in [1.29, 1.82) is 0 Å². The summed E-state index contributed by atoms with van der Waals surface area (Å²) < 4.78 is 3.86. The number of para-hydroxylation sites is 2. The predicted molar refractivity (Wildman–Crippen MR) is 91.3 cm³/mol. The Morgan fingerprint density at radius 2 is 1.75 bits per heavy atom. The van der Waals surface area contributed by atoms with Gasteiger partial charge in [0, 0.05) is 24.0 Å². The van der Waals surface area contributed by atoms with Crippen molar-refractivity contribution >= 4 is 21.9 Å². The molecule has 0 bridgehead atoms. The number of imidazole rings is 2. The molecule has 6 heteroatoms. The van der Waals surface area contributed by atoms with Crippen molar-refractivity contribution in [3.63, 3.8) is 0 Å². The molecular formula is C18H12N6. The number of hydrogen-bond donors (Lipinski definition) is 0. The van der Waals surface area contributed by atoms with E-state index in [0.717, 1.165) is 27.6 Å². The predicted octanol–water partition coefficient (Wildman–Crippen LogP) is 3.15. The van der Waals surface area contributed by atoms with E-state index in [1.54, 1.807) is 17.1 Å². The SMILES string of the molecule is c1cc(-n2cnc3ccccc32)c2cnc(-n3ccnc3)nc2c1. The number of aromatic nitrogens is 6. The van der Waals surface area contributed by atoms with Crippen LogP contribution in [0.5, 0.6) is 0 Å². The minimum absolute atomic E-state index is 0.604. The number of hydrogen-bond acceptors (Lipinski definition) is 4. The summed E-state index contributed by atoms with van der Waals surface area (Å²) in [6.07, 6.45) is 8.91. The topological polar surface area (TPSA) is 61.4 Å². The summed E-state index contributed by atoms with van der Waals surface area (Å²) in [5, 5.41) is 0.976. The average molecular weight is 312 g/mol. The van der Waals surface area contributed by atoms with Crippen molar-refractivity contribution in [3.05, 3.63) is 73.7 Å². The van der Waals surface area contributed by atoms with Crippen molar-refractivity contribution in [3.8, 4) is 11.6 Å². The third-order valence-corrected chi connectivity index (χ3v) is 4.04. The highest BCUT2D eigenvalue weighted by molar-refractivity contribution is 5.89. The lowest BCUT2D eigenvalue weighted by Gasteiger charge is -2.09. The van der Waals surface area contributed by atoms with Gasteiger partial charge in [0.05, 0.1) is 22.2 Å². The van der Waals surface area contributed by atoms with E-state index in [9.17, 15) is 0 Å². The maximum Gasteiger partial charge on any atom is 0.235 e. The smallest absolute Gasteiger partial charge is 0.235 e. The van der Waals surface area contributed by atoms with Gasteiger partial charge in [-0.25, -0.2) is 19.9 Å². The highest BCUT2D eigenvalue weighted by Crippen LogP contribution is 2.24. The van der Waals surface area contributed by atoms with Crippen molar-refractivity contribution in [2.45, 2.75) is 0 Å². The maximum absolute atomic E-state index is 4.65. The van der Waals surface area contributed by atoms with Crippen LogP contribution in [-0.4, -0.2) is 29.1 Å². The zero-order valence-electron chi connectivity index (χ0n) is 12.6. The zero-order chi connectivity index (χ0) is 15.9. The number of benzene rings is 2. The van der Waals surface area contributed by atoms with E-state index in [1.807, 2.05) is 49.1 Å². The Hall–Kier alpha value is -3.54. The fraction of sp³-hybridized carbons (Fsp3) is 0. The quantitative estimate of drug-likeness (QED) is 0.502. The fourth-order valence-corrected chi connectivity index (χ4v) is 2.89. The van der Waals surface area contributed by atoms with Gasteiger partial charge in [0.25, 0.3) is 0 Å². The fourth-order valence-electron chi connectivity index (χ4n) is 2.89. The molecule has 0 amide bonds. The van der Waals surface area contributed by atoms with Crippen LogP contribution in [0.2, 0.25) is 0 Å². The monoisotopic (exact) mass is 312 g/mol. The van der Waals surface area contributed by atoms with Gasteiger partial charge in [0.15, 0.2) is 0 Å². The first-order chi connectivity index (χ1) is 11.9. The first-order valence-electron chi connectivity index (χ1n) is 7.57. The lowest BCUT2D eigenvalue weighted by Crippen LogP contribution is -2.00. The van der Waals surface area contributed by atoms with Crippen molar-refractivity contribution in [1.82, 2.24) is 29.1 Å². The highest BCUT2D eigenvalue weighted by atomic mass is 15.2. The number of nitrogens with zero attached hydrogens (tertiary/aromatic N) is 6. The molecule has 24 heavy (non-hydrogen) atoms. The molecule has 3 aromatic heterocycles. The van der Waals surface area contributed by atoms with E-state index < -0.39 is 0 Å². The molecule has 5 aromatic rings. The molecular weight excluding hydrogens is 300 g/mol. The Morgan fingerprint density at radius 3 is 2.67 bits per heavy atom. The van der Waals surface area contributed by atoms with Crippen LogP contribution in [0, 0.1) is 0 Å². The maximum atomic E-state index is 4.65. The minimum Gasteiger partial charge on any atom is -0.298 e. The van der Waals surface area contributed by atoms with Gasteiger partial charge in [-0.3, -0.25) is 9.13 Å². The summed E-state index contributed by atoms with van der Waals surface area (Å²) in [4.78, 5) is 17.6. The molecule has 0 aliphatic heterocycles. The molecule has 5 rings (SSSR count). The van der Waals surface area contributed by atoms with Crippen LogP contribution in [0.4, 0.5) is 0 Å². The molecule has 0 spiro atoms. The molecule has 0 aliphatic rings. The van der Waals surface area contributed by atoms with E-state index in [0.29, 0.717) is 5.95 Å². The van der Waals surface area contributed by atoms with Gasteiger partial charge in [-0.1, -0.05) is 18.2 Å². The lowest BCUT2D eigenvalue weighted by molar-refractivity contribution is 0.939. The third-order valence-electron chi connectivity index (χ3n) is 4.04. The molecule has 0 atom stereocenters. The summed E-state index contributed by atoms with van der Waals surface area (Å²) in [6, 6.07) is 14.1. The van der Waals surface area contributed by atoms with E-state index in [4.69, 9.17) is 0 Å². The van der Waals surface area contributed by atoms with Crippen molar-refractivity contribution in [2.75, 3.05) is 0 Å². The summed E-state index contributed by atoms with van der Waals surface area (Å²) in [5.74, 6) is 0.604. The Labute approximate surface area is 137 Å².